The molecular formula is C34H42N6O5S. The number of ether oxygens (including phenoxy) is 1. The van der Waals surface area contributed by atoms with Crippen molar-refractivity contribution >= 4 is 39.1 Å². The van der Waals surface area contributed by atoms with Crippen LogP contribution in [0.5, 0.6) is 5.75 Å². The summed E-state index contributed by atoms with van der Waals surface area (Å²) in [4.78, 5) is 22.3. The van der Waals surface area contributed by atoms with Gasteiger partial charge in [0.05, 0.1) is 4.90 Å². The largest absolute Gasteiger partial charge is 0.492 e. The molecule has 0 spiro atoms. The first-order valence-corrected chi connectivity index (χ1v) is 16.6. The van der Waals surface area contributed by atoms with Crippen LogP contribution in [0.3, 0.4) is 0 Å². The minimum absolute atomic E-state index is 0.135. The molecule has 46 heavy (non-hydrogen) atoms. The molecule has 0 radical (unpaired) electrons. The molecule has 0 bridgehead atoms. The van der Waals surface area contributed by atoms with Crippen molar-refractivity contribution in [2.75, 3.05) is 30.3 Å². The standard InChI is InChI=1S/C34H42N6O5S/c1-25-23-35-33(38-32(25)36-28-12-8-13-30(22-28)46(43,44)39-34(2,3)4)37-27-15-17-29(18-16-27)45-21-20-40(19-9-14-31(41)42)24-26-10-6-5-7-11-26/h5-8,10-13,15-18,22-23,39H,9,14,19-21,24H2,1-4H3,(H,41,42)(H2,35,36,37,38). The van der Waals surface area contributed by atoms with Crippen LogP contribution in [0, 0.1) is 6.92 Å². The van der Waals surface area contributed by atoms with Crippen molar-refractivity contribution in [3.8, 4) is 5.75 Å². The van der Waals surface area contributed by atoms with E-state index in [0.717, 1.165) is 17.8 Å². The quantitative estimate of drug-likeness (QED) is 0.113. The molecule has 4 rings (SSSR count). The van der Waals surface area contributed by atoms with E-state index in [4.69, 9.17) is 9.84 Å². The second-order valence-electron chi connectivity index (χ2n) is 12.0. The third-order valence-electron chi connectivity index (χ3n) is 6.72. The van der Waals surface area contributed by atoms with Crippen molar-refractivity contribution < 1.29 is 23.1 Å². The van der Waals surface area contributed by atoms with E-state index < -0.39 is 21.5 Å². The number of carbonyl (C=O) groups is 1. The Morgan fingerprint density at radius 2 is 1.67 bits per heavy atom. The normalized spacial score (nSPS) is 11.8. The molecule has 0 saturated carbocycles. The van der Waals surface area contributed by atoms with E-state index in [1.54, 1.807) is 51.2 Å². The number of anilines is 4. The molecule has 4 N–H and O–H groups in total. The summed E-state index contributed by atoms with van der Waals surface area (Å²) in [6.45, 7) is 9.75. The molecule has 0 fully saturated rings. The van der Waals surface area contributed by atoms with Gasteiger partial charge in [-0.05, 0) is 88.7 Å². The highest BCUT2D eigenvalue weighted by atomic mass is 32.2. The number of aryl methyl sites for hydroxylation is 1. The lowest BCUT2D eigenvalue weighted by Crippen LogP contribution is -2.40. The van der Waals surface area contributed by atoms with Gasteiger partial charge in [0.1, 0.15) is 18.2 Å². The summed E-state index contributed by atoms with van der Waals surface area (Å²) in [5.74, 6) is 0.830. The molecule has 3 aromatic carbocycles. The molecule has 0 saturated heterocycles. The summed E-state index contributed by atoms with van der Waals surface area (Å²) >= 11 is 0. The molecule has 1 heterocycles. The molecule has 11 nitrogen and oxygen atoms in total. The number of benzene rings is 3. The Hall–Kier alpha value is -4.52. The first-order chi connectivity index (χ1) is 21.9. The Labute approximate surface area is 271 Å². The number of nitrogens with one attached hydrogen (secondary N) is 3. The first-order valence-electron chi connectivity index (χ1n) is 15.1. The molecule has 12 heteroatoms. The summed E-state index contributed by atoms with van der Waals surface area (Å²) < 4.78 is 34.3. The molecule has 0 atom stereocenters. The van der Waals surface area contributed by atoms with Gasteiger partial charge in [0.25, 0.3) is 0 Å². The Balaban J connectivity index is 1.34. The lowest BCUT2D eigenvalue weighted by Gasteiger charge is -2.22. The lowest BCUT2D eigenvalue weighted by atomic mass is 10.1. The van der Waals surface area contributed by atoms with Crippen molar-refractivity contribution in [3.05, 3.63) is 96.2 Å². The molecule has 0 unspecified atom stereocenters. The number of carboxylic acid groups (broad SMARTS) is 1. The van der Waals surface area contributed by atoms with Gasteiger partial charge in [0.2, 0.25) is 16.0 Å². The van der Waals surface area contributed by atoms with Crippen LogP contribution in [0.25, 0.3) is 0 Å². The fourth-order valence-electron chi connectivity index (χ4n) is 4.59. The van der Waals surface area contributed by atoms with Gasteiger partial charge in [-0.25, -0.2) is 18.1 Å². The van der Waals surface area contributed by atoms with Gasteiger partial charge in [-0.3, -0.25) is 9.69 Å². The number of hydrogen-bond acceptors (Lipinski definition) is 9. The third-order valence-corrected chi connectivity index (χ3v) is 8.48. The monoisotopic (exact) mass is 646 g/mol. The van der Waals surface area contributed by atoms with Crippen LogP contribution in [-0.4, -0.2) is 59.6 Å². The third kappa shape index (κ3) is 11.1. The molecule has 0 aliphatic rings. The maximum absolute atomic E-state index is 12.8. The molecule has 1 aromatic heterocycles. The van der Waals surface area contributed by atoms with Gasteiger partial charge in [0, 0.05) is 48.2 Å². The maximum Gasteiger partial charge on any atom is 0.303 e. The Morgan fingerprint density at radius 1 is 0.935 bits per heavy atom. The van der Waals surface area contributed by atoms with Gasteiger partial charge >= 0.3 is 5.97 Å². The predicted molar refractivity (Wildman–Crippen MR) is 180 cm³/mol. The van der Waals surface area contributed by atoms with Crippen LogP contribution in [0.2, 0.25) is 0 Å². The molecule has 0 aliphatic carbocycles. The highest BCUT2D eigenvalue weighted by Gasteiger charge is 2.22. The number of carboxylic acids is 1. The highest BCUT2D eigenvalue weighted by molar-refractivity contribution is 7.89. The maximum atomic E-state index is 12.8. The average Bonchev–Trinajstić information content (AvgIpc) is 2.99. The van der Waals surface area contributed by atoms with Gasteiger partial charge in [-0.1, -0.05) is 36.4 Å². The second-order valence-corrected chi connectivity index (χ2v) is 13.7. The summed E-state index contributed by atoms with van der Waals surface area (Å²) in [5.41, 5.74) is 2.70. The Bertz CT molecular complexity index is 1690. The lowest BCUT2D eigenvalue weighted by molar-refractivity contribution is -0.137. The zero-order valence-electron chi connectivity index (χ0n) is 26.7. The zero-order chi connectivity index (χ0) is 33.2. The fourth-order valence-corrected chi connectivity index (χ4v) is 6.05. The number of aliphatic carboxylic acids is 1. The van der Waals surface area contributed by atoms with Crippen molar-refractivity contribution in [1.29, 1.82) is 0 Å². The van der Waals surface area contributed by atoms with Gasteiger partial charge in [-0.15, -0.1) is 0 Å². The minimum atomic E-state index is -3.69. The summed E-state index contributed by atoms with van der Waals surface area (Å²) in [6, 6.07) is 24.1. The number of aromatic nitrogens is 2. The van der Waals surface area contributed by atoms with Crippen molar-refractivity contribution in [1.82, 2.24) is 19.6 Å². The van der Waals surface area contributed by atoms with E-state index in [-0.39, 0.29) is 11.3 Å². The van der Waals surface area contributed by atoms with E-state index in [1.807, 2.05) is 49.4 Å². The Morgan fingerprint density at radius 3 is 2.37 bits per heavy atom. The number of hydrogen-bond donors (Lipinski definition) is 4. The molecule has 244 valence electrons. The second kappa shape index (κ2) is 15.7. The topological polar surface area (TPSA) is 146 Å². The van der Waals surface area contributed by atoms with E-state index >= 15 is 0 Å². The number of rotatable bonds is 16. The fraction of sp³-hybridized carbons (Fsp3) is 0.324. The molecular weight excluding hydrogens is 604 g/mol. The average molecular weight is 647 g/mol. The van der Waals surface area contributed by atoms with Crippen LogP contribution in [0.1, 0.15) is 44.7 Å². The molecule has 0 amide bonds. The SMILES string of the molecule is Cc1cnc(Nc2ccc(OCCN(CCCC(=O)O)Cc3ccccc3)cc2)nc1Nc1cccc(S(=O)(=O)NC(C)(C)C)c1. The van der Waals surface area contributed by atoms with Crippen LogP contribution in [0.15, 0.2) is 90.0 Å². The molecule has 0 aliphatic heterocycles. The van der Waals surface area contributed by atoms with Crippen LogP contribution in [-0.2, 0) is 21.4 Å². The number of nitrogens with zero attached hydrogens (tertiary/aromatic N) is 3. The van der Waals surface area contributed by atoms with E-state index in [2.05, 4.69) is 42.4 Å². The minimum Gasteiger partial charge on any atom is -0.492 e. The summed E-state index contributed by atoms with van der Waals surface area (Å²) in [5, 5.41) is 15.4. The first kappa shape index (κ1) is 34.4. The van der Waals surface area contributed by atoms with Crippen molar-refractivity contribution in [2.24, 2.45) is 0 Å². The van der Waals surface area contributed by atoms with Crippen LogP contribution >= 0.6 is 0 Å². The predicted octanol–water partition coefficient (Wildman–Crippen LogP) is 6.09. The Kier molecular flexibility index (Phi) is 11.7. The smallest absolute Gasteiger partial charge is 0.303 e. The van der Waals surface area contributed by atoms with Gasteiger partial charge in [0.15, 0.2) is 0 Å². The van der Waals surface area contributed by atoms with Crippen LogP contribution < -0.4 is 20.1 Å². The highest BCUT2D eigenvalue weighted by Crippen LogP contribution is 2.24. The van der Waals surface area contributed by atoms with E-state index in [9.17, 15) is 13.2 Å². The van der Waals surface area contributed by atoms with Crippen molar-refractivity contribution in [2.45, 2.75) is 57.5 Å². The molecule has 4 aromatic rings. The van der Waals surface area contributed by atoms with Crippen LogP contribution in [0.4, 0.5) is 23.1 Å². The van der Waals surface area contributed by atoms with E-state index in [1.165, 1.54) is 5.56 Å². The zero-order valence-corrected chi connectivity index (χ0v) is 27.5. The number of sulfonamides is 1. The van der Waals surface area contributed by atoms with Gasteiger partial charge in [-0.2, -0.15) is 4.98 Å². The summed E-state index contributed by atoms with van der Waals surface area (Å²) in [7, 11) is -3.69. The van der Waals surface area contributed by atoms with Gasteiger partial charge < -0.3 is 20.5 Å². The van der Waals surface area contributed by atoms with E-state index in [0.29, 0.717) is 49.3 Å². The summed E-state index contributed by atoms with van der Waals surface area (Å²) in [6.07, 6.45) is 2.40. The van der Waals surface area contributed by atoms with Crippen molar-refractivity contribution in [3.63, 3.8) is 0 Å².